The fourth-order valence-electron chi connectivity index (χ4n) is 1.93. The SMILES string of the molecule is O=C(O)C1CNCCN1Cc1ccc([N+](=O)[O-])s1. The van der Waals surface area contributed by atoms with Gasteiger partial charge in [0.1, 0.15) is 6.04 Å². The standard InChI is InChI=1S/C10H13N3O4S/c14-10(15)8-5-11-3-4-12(8)6-7-1-2-9(18-7)13(16)17/h1-2,8,11H,3-6H2,(H,14,15). The molecule has 1 unspecified atom stereocenters. The number of hydrogen-bond donors (Lipinski definition) is 2. The molecular weight excluding hydrogens is 258 g/mol. The number of aliphatic carboxylic acids is 1. The molecule has 7 nitrogen and oxygen atoms in total. The van der Waals surface area contributed by atoms with E-state index in [-0.39, 0.29) is 5.00 Å². The van der Waals surface area contributed by atoms with E-state index in [1.165, 1.54) is 6.07 Å². The fourth-order valence-corrected chi connectivity index (χ4v) is 2.77. The third kappa shape index (κ3) is 2.84. The van der Waals surface area contributed by atoms with Gasteiger partial charge in [0.25, 0.3) is 0 Å². The van der Waals surface area contributed by atoms with Gasteiger partial charge in [-0.3, -0.25) is 19.8 Å². The van der Waals surface area contributed by atoms with Crippen LogP contribution in [-0.4, -0.2) is 46.6 Å². The highest BCUT2D eigenvalue weighted by atomic mass is 32.1. The third-order valence-corrected chi connectivity index (χ3v) is 3.85. The van der Waals surface area contributed by atoms with Gasteiger partial charge < -0.3 is 10.4 Å². The maximum absolute atomic E-state index is 11.1. The zero-order chi connectivity index (χ0) is 13.1. The van der Waals surface area contributed by atoms with Crippen molar-refractivity contribution < 1.29 is 14.8 Å². The topological polar surface area (TPSA) is 95.7 Å². The van der Waals surface area contributed by atoms with Crippen LogP contribution in [-0.2, 0) is 11.3 Å². The predicted octanol–water partition coefficient (Wildman–Crippen LogP) is 0.515. The van der Waals surface area contributed by atoms with Crippen molar-refractivity contribution in [3.8, 4) is 0 Å². The van der Waals surface area contributed by atoms with E-state index in [2.05, 4.69) is 5.32 Å². The van der Waals surface area contributed by atoms with E-state index in [9.17, 15) is 14.9 Å². The van der Waals surface area contributed by atoms with Gasteiger partial charge in [0, 0.05) is 37.1 Å². The van der Waals surface area contributed by atoms with Gasteiger partial charge in [0.2, 0.25) is 0 Å². The molecule has 18 heavy (non-hydrogen) atoms. The highest BCUT2D eigenvalue weighted by Gasteiger charge is 2.28. The second-order valence-electron chi connectivity index (χ2n) is 4.03. The number of carbonyl (C=O) groups is 1. The van der Waals surface area contributed by atoms with Crippen LogP contribution < -0.4 is 5.32 Å². The van der Waals surface area contributed by atoms with Gasteiger partial charge >= 0.3 is 11.0 Å². The number of carboxylic acids is 1. The summed E-state index contributed by atoms with van der Waals surface area (Å²) >= 11 is 1.09. The quantitative estimate of drug-likeness (QED) is 0.612. The molecule has 98 valence electrons. The van der Waals surface area contributed by atoms with E-state index in [4.69, 9.17) is 5.11 Å². The monoisotopic (exact) mass is 271 g/mol. The Morgan fingerprint density at radius 2 is 2.44 bits per heavy atom. The smallest absolute Gasteiger partial charge is 0.324 e. The van der Waals surface area contributed by atoms with Crippen molar-refractivity contribution in [2.75, 3.05) is 19.6 Å². The molecule has 2 N–H and O–H groups in total. The predicted molar refractivity (Wildman–Crippen MR) is 65.7 cm³/mol. The minimum Gasteiger partial charge on any atom is -0.480 e. The lowest BCUT2D eigenvalue weighted by Crippen LogP contribution is -2.54. The van der Waals surface area contributed by atoms with E-state index < -0.39 is 16.9 Å². The molecule has 1 fully saturated rings. The minimum absolute atomic E-state index is 0.0898. The van der Waals surface area contributed by atoms with Crippen LogP contribution in [0.15, 0.2) is 12.1 Å². The molecule has 2 heterocycles. The summed E-state index contributed by atoms with van der Waals surface area (Å²) in [6.07, 6.45) is 0. The molecule has 1 aromatic heterocycles. The summed E-state index contributed by atoms with van der Waals surface area (Å²) in [6, 6.07) is 2.57. The Bertz CT molecular complexity index is 462. The van der Waals surface area contributed by atoms with Gasteiger partial charge in [0.05, 0.1) is 4.92 Å². The minimum atomic E-state index is -0.867. The van der Waals surface area contributed by atoms with Crippen molar-refractivity contribution in [3.05, 3.63) is 27.1 Å². The average Bonchev–Trinajstić information content (AvgIpc) is 2.78. The second-order valence-corrected chi connectivity index (χ2v) is 5.17. The number of hydrogen-bond acceptors (Lipinski definition) is 6. The Morgan fingerprint density at radius 1 is 1.67 bits per heavy atom. The van der Waals surface area contributed by atoms with E-state index in [0.717, 1.165) is 22.8 Å². The largest absolute Gasteiger partial charge is 0.480 e. The molecular formula is C10H13N3O4S. The molecule has 1 aliphatic rings. The first-order chi connectivity index (χ1) is 8.58. The van der Waals surface area contributed by atoms with Crippen molar-refractivity contribution in [3.63, 3.8) is 0 Å². The van der Waals surface area contributed by atoms with Crippen molar-refractivity contribution in [2.45, 2.75) is 12.6 Å². The van der Waals surface area contributed by atoms with Crippen molar-refractivity contribution in [1.82, 2.24) is 10.2 Å². The van der Waals surface area contributed by atoms with Gasteiger partial charge in [-0.1, -0.05) is 11.3 Å². The zero-order valence-electron chi connectivity index (χ0n) is 9.54. The average molecular weight is 271 g/mol. The number of nitro groups is 1. The lowest BCUT2D eigenvalue weighted by atomic mass is 10.2. The van der Waals surface area contributed by atoms with Crippen LogP contribution in [0.2, 0.25) is 0 Å². The van der Waals surface area contributed by atoms with Crippen LogP contribution in [0, 0.1) is 10.1 Å². The van der Waals surface area contributed by atoms with E-state index >= 15 is 0 Å². The third-order valence-electron chi connectivity index (χ3n) is 2.83. The first-order valence-corrected chi connectivity index (χ1v) is 6.30. The molecule has 1 atom stereocenters. The Balaban J connectivity index is 2.06. The maximum Gasteiger partial charge on any atom is 0.324 e. The van der Waals surface area contributed by atoms with Crippen molar-refractivity contribution in [1.29, 1.82) is 0 Å². The first kappa shape index (κ1) is 12.9. The van der Waals surface area contributed by atoms with E-state index in [0.29, 0.717) is 19.6 Å². The molecule has 0 radical (unpaired) electrons. The normalized spacial score (nSPS) is 20.8. The van der Waals surface area contributed by atoms with Crippen LogP contribution in [0.5, 0.6) is 0 Å². The summed E-state index contributed by atoms with van der Waals surface area (Å²) in [7, 11) is 0. The van der Waals surface area contributed by atoms with Gasteiger partial charge in [-0.25, -0.2) is 0 Å². The zero-order valence-corrected chi connectivity index (χ0v) is 10.4. The number of nitrogens with zero attached hydrogens (tertiary/aromatic N) is 2. The molecule has 0 amide bonds. The van der Waals surface area contributed by atoms with E-state index in [1.54, 1.807) is 6.07 Å². The molecule has 0 aliphatic carbocycles. The number of rotatable bonds is 4. The number of piperazine rings is 1. The molecule has 2 rings (SSSR count). The van der Waals surface area contributed by atoms with Crippen LogP contribution in [0.1, 0.15) is 4.88 Å². The van der Waals surface area contributed by atoms with Crippen molar-refractivity contribution >= 4 is 22.3 Å². The molecule has 0 aromatic carbocycles. The van der Waals surface area contributed by atoms with Crippen LogP contribution in [0.4, 0.5) is 5.00 Å². The van der Waals surface area contributed by atoms with Gasteiger partial charge in [0.15, 0.2) is 0 Å². The molecule has 0 saturated carbocycles. The Morgan fingerprint density at radius 3 is 3.06 bits per heavy atom. The summed E-state index contributed by atoms with van der Waals surface area (Å²) in [5, 5.41) is 22.8. The Kier molecular flexibility index (Phi) is 3.90. The number of nitrogens with one attached hydrogen (secondary N) is 1. The Hall–Kier alpha value is -1.51. The summed E-state index contributed by atoms with van der Waals surface area (Å²) in [4.78, 5) is 23.9. The molecule has 0 spiro atoms. The first-order valence-electron chi connectivity index (χ1n) is 5.48. The Labute approximate surface area is 107 Å². The van der Waals surface area contributed by atoms with Gasteiger partial charge in [-0.2, -0.15) is 0 Å². The van der Waals surface area contributed by atoms with Crippen LogP contribution in [0.3, 0.4) is 0 Å². The van der Waals surface area contributed by atoms with Gasteiger partial charge in [-0.15, -0.1) is 0 Å². The van der Waals surface area contributed by atoms with Crippen molar-refractivity contribution in [2.24, 2.45) is 0 Å². The second kappa shape index (κ2) is 5.42. The lowest BCUT2D eigenvalue weighted by molar-refractivity contribution is -0.380. The highest BCUT2D eigenvalue weighted by Crippen LogP contribution is 2.25. The summed E-state index contributed by atoms with van der Waals surface area (Å²) in [5.41, 5.74) is 0. The molecule has 1 aromatic rings. The molecule has 1 saturated heterocycles. The highest BCUT2D eigenvalue weighted by molar-refractivity contribution is 7.15. The van der Waals surface area contributed by atoms with Crippen LogP contribution in [0.25, 0.3) is 0 Å². The fraction of sp³-hybridized carbons (Fsp3) is 0.500. The number of thiophene rings is 1. The summed E-state index contributed by atoms with van der Waals surface area (Å²) < 4.78 is 0. The van der Waals surface area contributed by atoms with Gasteiger partial charge in [-0.05, 0) is 6.07 Å². The molecule has 0 bridgehead atoms. The lowest BCUT2D eigenvalue weighted by Gasteiger charge is -2.32. The van der Waals surface area contributed by atoms with E-state index in [1.807, 2.05) is 4.90 Å². The number of carboxylic acid groups (broad SMARTS) is 1. The maximum atomic E-state index is 11.1. The summed E-state index contributed by atoms with van der Waals surface area (Å²) in [6.45, 7) is 2.21. The summed E-state index contributed by atoms with van der Waals surface area (Å²) in [5.74, 6) is -0.867. The molecule has 8 heteroatoms. The van der Waals surface area contributed by atoms with Crippen LogP contribution >= 0.6 is 11.3 Å². The molecule has 1 aliphatic heterocycles.